The molecule has 5 heteroatoms. The molecule has 1 fully saturated rings. The van der Waals surface area contributed by atoms with Gasteiger partial charge in [0.25, 0.3) is 5.69 Å². The van der Waals surface area contributed by atoms with Gasteiger partial charge in [-0.3, -0.25) is 10.1 Å². The van der Waals surface area contributed by atoms with Crippen LogP contribution in [-0.2, 0) is 6.42 Å². The molecule has 1 aliphatic carbocycles. The number of halogens is 1. The minimum atomic E-state index is -0.395. The van der Waals surface area contributed by atoms with Crippen molar-refractivity contribution in [2.24, 2.45) is 11.8 Å². The third-order valence-corrected chi connectivity index (χ3v) is 4.74. The number of aliphatic hydroxyl groups excluding tert-OH is 1. The van der Waals surface area contributed by atoms with Crippen LogP contribution in [-0.4, -0.2) is 16.1 Å². The molecule has 1 aromatic rings. The van der Waals surface area contributed by atoms with Crippen molar-refractivity contribution < 1.29 is 10.0 Å². The maximum Gasteiger partial charge on any atom is 0.274 e. The molecule has 20 heavy (non-hydrogen) atoms. The molecule has 0 heterocycles. The summed E-state index contributed by atoms with van der Waals surface area (Å²) in [7, 11) is 0. The van der Waals surface area contributed by atoms with Crippen LogP contribution in [0, 0.1) is 22.0 Å². The van der Waals surface area contributed by atoms with Crippen LogP contribution in [0.25, 0.3) is 0 Å². The minimum Gasteiger partial charge on any atom is -0.393 e. The zero-order valence-electron chi connectivity index (χ0n) is 11.6. The van der Waals surface area contributed by atoms with Gasteiger partial charge in [-0.25, -0.2) is 0 Å². The third-order valence-electron chi connectivity index (χ3n) is 4.39. The summed E-state index contributed by atoms with van der Waals surface area (Å²) in [6.07, 6.45) is 3.93. The molecule has 1 saturated carbocycles. The zero-order chi connectivity index (χ0) is 14.7. The van der Waals surface area contributed by atoms with E-state index in [0.29, 0.717) is 22.9 Å². The summed E-state index contributed by atoms with van der Waals surface area (Å²) in [5, 5.41) is 21.7. The average molecular weight is 298 g/mol. The predicted molar refractivity (Wildman–Crippen MR) is 78.9 cm³/mol. The first-order chi connectivity index (χ1) is 9.52. The van der Waals surface area contributed by atoms with Crippen LogP contribution >= 0.6 is 11.6 Å². The van der Waals surface area contributed by atoms with E-state index in [0.717, 1.165) is 25.7 Å². The summed E-state index contributed by atoms with van der Waals surface area (Å²) in [4.78, 5) is 10.7. The Kier molecular flexibility index (Phi) is 5.00. The number of hydrogen-bond acceptors (Lipinski definition) is 3. The predicted octanol–water partition coefficient (Wildman–Crippen LogP) is 3.98. The van der Waals surface area contributed by atoms with Crippen LogP contribution in [0.4, 0.5) is 5.69 Å². The Labute approximate surface area is 123 Å². The van der Waals surface area contributed by atoms with E-state index in [4.69, 9.17) is 11.6 Å². The van der Waals surface area contributed by atoms with Crippen LogP contribution < -0.4 is 0 Å². The highest BCUT2D eigenvalue weighted by molar-refractivity contribution is 6.31. The fraction of sp³-hybridized carbons (Fsp3) is 0.600. The molecule has 2 rings (SSSR count). The Morgan fingerprint density at radius 1 is 1.45 bits per heavy atom. The van der Waals surface area contributed by atoms with Gasteiger partial charge in [0.05, 0.1) is 16.0 Å². The molecule has 3 unspecified atom stereocenters. The Hall–Kier alpha value is -1.13. The van der Waals surface area contributed by atoms with Crippen molar-refractivity contribution in [3.63, 3.8) is 0 Å². The number of benzene rings is 1. The SMILES string of the molecule is CCC1CCC(O)C(Cc2c(Cl)cccc2[N+](=O)[O-])C1. The molecule has 110 valence electrons. The van der Waals surface area contributed by atoms with Gasteiger partial charge in [-0.15, -0.1) is 0 Å². The standard InChI is InChI=1S/C15H20ClNO3/c1-2-10-6-7-15(18)11(8-10)9-12-13(16)4-3-5-14(12)17(19)20/h3-5,10-11,15,18H,2,6-9H2,1H3. The lowest BCUT2D eigenvalue weighted by molar-refractivity contribution is -0.385. The summed E-state index contributed by atoms with van der Waals surface area (Å²) in [5.74, 6) is 0.664. The van der Waals surface area contributed by atoms with Crippen LogP contribution in [0.1, 0.15) is 38.2 Å². The highest BCUT2D eigenvalue weighted by Gasteiger charge is 2.31. The summed E-state index contributed by atoms with van der Waals surface area (Å²) in [6.45, 7) is 2.15. The summed E-state index contributed by atoms with van der Waals surface area (Å²) in [5.41, 5.74) is 0.614. The first-order valence-electron chi connectivity index (χ1n) is 7.12. The van der Waals surface area contributed by atoms with Crippen LogP contribution in [0.3, 0.4) is 0 Å². The average Bonchev–Trinajstić information content (AvgIpc) is 2.43. The van der Waals surface area contributed by atoms with Gasteiger partial charge in [-0.05, 0) is 43.6 Å². The van der Waals surface area contributed by atoms with E-state index in [-0.39, 0.29) is 17.7 Å². The van der Waals surface area contributed by atoms with Crippen molar-refractivity contribution in [3.8, 4) is 0 Å². The Balaban J connectivity index is 2.22. The van der Waals surface area contributed by atoms with Gasteiger partial charge in [-0.2, -0.15) is 0 Å². The van der Waals surface area contributed by atoms with E-state index in [1.54, 1.807) is 12.1 Å². The van der Waals surface area contributed by atoms with Crippen LogP contribution in [0.15, 0.2) is 18.2 Å². The Morgan fingerprint density at radius 2 is 2.20 bits per heavy atom. The van der Waals surface area contributed by atoms with Crippen LogP contribution in [0.5, 0.6) is 0 Å². The fourth-order valence-corrected chi connectivity index (χ4v) is 3.36. The largest absolute Gasteiger partial charge is 0.393 e. The van der Waals surface area contributed by atoms with Gasteiger partial charge in [-0.1, -0.05) is 31.0 Å². The van der Waals surface area contributed by atoms with Crippen molar-refractivity contribution in [2.45, 2.75) is 45.1 Å². The van der Waals surface area contributed by atoms with Crippen molar-refractivity contribution in [2.75, 3.05) is 0 Å². The van der Waals surface area contributed by atoms with Crippen LogP contribution in [0.2, 0.25) is 5.02 Å². The molecule has 0 bridgehead atoms. The molecule has 1 aromatic carbocycles. The first kappa shape index (κ1) is 15.3. The molecule has 1 aliphatic rings. The number of nitrogens with zero attached hydrogens (tertiary/aromatic N) is 1. The molecule has 0 spiro atoms. The van der Waals surface area contributed by atoms with E-state index >= 15 is 0 Å². The number of nitro groups is 1. The van der Waals surface area contributed by atoms with Crippen molar-refractivity contribution in [3.05, 3.63) is 38.9 Å². The van der Waals surface area contributed by atoms with Crippen molar-refractivity contribution in [1.82, 2.24) is 0 Å². The van der Waals surface area contributed by atoms with E-state index < -0.39 is 4.92 Å². The molecule has 4 nitrogen and oxygen atoms in total. The van der Waals surface area contributed by atoms with Gasteiger partial charge in [0, 0.05) is 11.6 Å². The number of rotatable bonds is 4. The zero-order valence-corrected chi connectivity index (χ0v) is 12.3. The van der Waals surface area contributed by atoms with Gasteiger partial charge in [0.1, 0.15) is 0 Å². The van der Waals surface area contributed by atoms with E-state index in [1.807, 2.05) is 0 Å². The highest BCUT2D eigenvalue weighted by atomic mass is 35.5. The Bertz CT molecular complexity index is 492. The molecule has 0 saturated heterocycles. The van der Waals surface area contributed by atoms with Gasteiger partial charge >= 0.3 is 0 Å². The molecule has 0 aromatic heterocycles. The second kappa shape index (κ2) is 6.55. The van der Waals surface area contributed by atoms with E-state index in [9.17, 15) is 15.2 Å². The number of nitro benzene ring substituents is 1. The molecule has 0 aliphatic heterocycles. The van der Waals surface area contributed by atoms with Crippen molar-refractivity contribution >= 4 is 17.3 Å². The molecule has 0 radical (unpaired) electrons. The normalized spacial score (nSPS) is 26.4. The maximum absolute atomic E-state index is 11.1. The lowest BCUT2D eigenvalue weighted by Crippen LogP contribution is -2.30. The second-order valence-corrected chi connectivity index (χ2v) is 6.02. The number of hydrogen-bond donors (Lipinski definition) is 1. The van der Waals surface area contributed by atoms with Gasteiger partial charge in [0.2, 0.25) is 0 Å². The van der Waals surface area contributed by atoms with E-state index in [2.05, 4.69) is 6.92 Å². The van der Waals surface area contributed by atoms with Crippen molar-refractivity contribution in [1.29, 1.82) is 0 Å². The Morgan fingerprint density at radius 3 is 2.85 bits per heavy atom. The lowest BCUT2D eigenvalue weighted by Gasteiger charge is -2.33. The summed E-state index contributed by atoms with van der Waals surface area (Å²) < 4.78 is 0. The topological polar surface area (TPSA) is 63.4 Å². The summed E-state index contributed by atoms with van der Waals surface area (Å²) in [6, 6.07) is 4.75. The smallest absolute Gasteiger partial charge is 0.274 e. The molecular formula is C15H20ClNO3. The summed E-state index contributed by atoms with van der Waals surface area (Å²) >= 11 is 6.12. The highest BCUT2D eigenvalue weighted by Crippen LogP contribution is 2.37. The third kappa shape index (κ3) is 3.30. The molecule has 1 N–H and O–H groups in total. The number of aliphatic hydroxyl groups is 1. The molecule has 3 atom stereocenters. The molecule has 0 amide bonds. The quantitative estimate of drug-likeness (QED) is 0.675. The minimum absolute atomic E-state index is 0.0586. The molecular weight excluding hydrogens is 278 g/mol. The van der Waals surface area contributed by atoms with E-state index in [1.165, 1.54) is 6.07 Å². The lowest BCUT2D eigenvalue weighted by atomic mass is 9.75. The second-order valence-electron chi connectivity index (χ2n) is 5.61. The fourth-order valence-electron chi connectivity index (χ4n) is 3.12. The monoisotopic (exact) mass is 297 g/mol. The maximum atomic E-state index is 11.1. The van der Waals surface area contributed by atoms with Gasteiger partial charge < -0.3 is 5.11 Å². The first-order valence-corrected chi connectivity index (χ1v) is 7.50. The van der Waals surface area contributed by atoms with Gasteiger partial charge in [0.15, 0.2) is 0 Å².